The zero-order valence-electron chi connectivity index (χ0n) is 20.1. The predicted molar refractivity (Wildman–Crippen MR) is 120 cm³/mol. The number of amides is 1. The van der Waals surface area contributed by atoms with Crippen molar-refractivity contribution in [1.82, 2.24) is 5.32 Å². The molecule has 0 fully saturated rings. The summed E-state index contributed by atoms with van der Waals surface area (Å²) in [4.78, 5) is 34.9. The lowest BCUT2D eigenvalue weighted by Crippen LogP contribution is -2.42. The van der Waals surface area contributed by atoms with E-state index < -0.39 is 53.0 Å². The number of halogens is 5. The number of nitro benzene ring substituents is 1. The number of alkyl halides is 5. The molecule has 0 bridgehead atoms. The number of nitro groups is 1. The van der Waals surface area contributed by atoms with Crippen molar-refractivity contribution in [3.05, 3.63) is 57.2 Å². The third-order valence-corrected chi connectivity index (χ3v) is 4.83. The monoisotopic (exact) mass is 522 g/mol. The molecule has 36 heavy (non-hydrogen) atoms. The van der Waals surface area contributed by atoms with Gasteiger partial charge in [0.25, 0.3) is 5.91 Å². The van der Waals surface area contributed by atoms with E-state index in [1.54, 1.807) is 6.08 Å². The Bertz CT molecular complexity index is 1020. The summed E-state index contributed by atoms with van der Waals surface area (Å²) in [7, 11) is 1.10. The van der Waals surface area contributed by atoms with Gasteiger partial charge in [-0.05, 0) is 46.1 Å². The number of hydrogen-bond donors (Lipinski definition) is 1. The summed E-state index contributed by atoms with van der Waals surface area (Å²) in [6.07, 6.45) is -0.646. The maximum absolute atomic E-state index is 13.2. The second kappa shape index (κ2) is 13.0. The van der Waals surface area contributed by atoms with E-state index in [4.69, 9.17) is 0 Å². The van der Waals surface area contributed by atoms with Crippen LogP contribution in [0.3, 0.4) is 0 Å². The Morgan fingerprint density at radius 1 is 1.14 bits per heavy atom. The number of carbonyl (C=O) groups excluding carboxylic acids is 2. The second-order valence-corrected chi connectivity index (χ2v) is 8.09. The van der Waals surface area contributed by atoms with Gasteiger partial charge in [-0.3, -0.25) is 14.9 Å². The second-order valence-electron chi connectivity index (χ2n) is 8.09. The van der Waals surface area contributed by atoms with Gasteiger partial charge in [0.05, 0.1) is 12.0 Å². The molecular formula is C23H27F5N2O6. The normalized spacial score (nSPS) is 13.0. The molecule has 0 radical (unpaired) electrons. The zero-order chi connectivity index (χ0) is 27.7. The van der Waals surface area contributed by atoms with Crippen LogP contribution in [-0.2, 0) is 9.53 Å². The van der Waals surface area contributed by atoms with Crippen molar-refractivity contribution in [2.75, 3.05) is 13.7 Å². The Kier molecular flexibility index (Phi) is 11.0. The van der Waals surface area contributed by atoms with E-state index in [1.165, 1.54) is 0 Å². The smallest absolute Gasteiger partial charge is 0.456 e. The van der Waals surface area contributed by atoms with E-state index in [0.717, 1.165) is 36.8 Å². The van der Waals surface area contributed by atoms with Gasteiger partial charge in [0, 0.05) is 17.7 Å². The standard InChI is InChI=1S/C23H27F5N2O6/c1-14(2)6-5-7-15(3)8-10-17(21(32)35-4)29-20(31)16-9-11-18(30(33)34)19(12-16)36-13-22(24,25)23(26,27)28/h6,8-9,11-12,17H,5,7,10,13H2,1-4H3,(H,29,31)/b15-8+/t17-/m0/s1. The van der Waals surface area contributed by atoms with E-state index in [9.17, 15) is 41.7 Å². The van der Waals surface area contributed by atoms with Gasteiger partial charge >= 0.3 is 23.8 Å². The molecule has 1 aromatic rings. The van der Waals surface area contributed by atoms with Gasteiger partial charge in [-0.15, -0.1) is 0 Å². The minimum absolute atomic E-state index is 0.0488. The van der Waals surface area contributed by atoms with E-state index in [0.29, 0.717) is 12.5 Å². The van der Waals surface area contributed by atoms with Crippen LogP contribution in [0.15, 0.2) is 41.5 Å². The highest BCUT2D eigenvalue weighted by Crippen LogP contribution is 2.37. The molecule has 1 rings (SSSR count). The first kappa shape index (κ1) is 30.5. The lowest BCUT2D eigenvalue weighted by atomic mass is 10.1. The highest BCUT2D eigenvalue weighted by molar-refractivity contribution is 5.97. The molecule has 13 heteroatoms. The predicted octanol–water partition coefficient (Wildman–Crippen LogP) is 5.53. The van der Waals surface area contributed by atoms with Gasteiger partial charge in [0.15, 0.2) is 12.4 Å². The molecule has 1 amide bonds. The highest BCUT2D eigenvalue weighted by Gasteiger charge is 2.58. The fourth-order valence-electron chi connectivity index (χ4n) is 2.78. The van der Waals surface area contributed by atoms with Crippen LogP contribution in [0.2, 0.25) is 0 Å². The first-order valence-electron chi connectivity index (χ1n) is 10.6. The molecule has 1 aromatic carbocycles. The van der Waals surface area contributed by atoms with Crippen molar-refractivity contribution in [1.29, 1.82) is 0 Å². The van der Waals surface area contributed by atoms with Crippen LogP contribution in [0.5, 0.6) is 5.75 Å². The number of hydrogen-bond acceptors (Lipinski definition) is 6. The summed E-state index contributed by atoms with van der Waals surface area (Å²) in [5.41, 5.74) is 0.788. The summed E-state index contributed by atoms with van der Waals surface area (Å²) in [5.74, 6) is -8.00. The molecule has 0 unspecified atom stereocenters. The lowest BCUT2D eigenvalue weighted by Gasteiger charge is -2.20. The molecular weight excluding hydrogens is 495 g/mol. The molecule has 0 aromatic heterocycles. The van der Waals surface area contributed by atoms with Gasteiger partial charge in [-0.2, -0.15) is 22.0 Å². The Labute approximate surface area is 204 Å². The van der Waals surface area contributed by atoms with Crippen LogP contribution < -0.4 is 10.1 Å². The Morgan fingerprint density at radius 3 is 2.31 bits per heavy atom. The topological polar surface area (TPSA) is 108 Å². The van der Waals surface area contributed by atoms with Gasteiger partial charge in [-0.25, -0.2) is 4.79 Å². The maximum Gasteiger partial charge on any atom is 0.456 e. The number of nitrogens with zero attached hydrogens (tertiary/aromatic N) is 1. The number of methoxy groups -OCH3 is 1. The molecule has 200 valence electrons. The molecule has 0 aliphatic carbocycles. The first-order valence-corrected chi connectivity index (χ1v) is 10.6. The number of esters is 1. The van der Waals surface area contributed by atoms with Crippen molar-refractivity contribution in [2.45, 2.75) is 58.2 Å². The number of nitrogens with one attached hydrogen (secondary N) is 1. The van der Waals surface area contributed by atoms with Crippen LogP contribution in [0.1, 0.15) is 50.4 Å². The van der Waals surface area contributed by atoms with Crippen LogP contribution in [0.25, 0.3) is 0 Å². The van der Waals surface area contributed by atoms with Gasteiger partial charge in [0.2, 0.25) is 0 Å². The van der Waals surface area contributed by atoms with Crippen LogP contribution >= 0.6 is 0 Å². The van der Waals surface area contributed by atoms with Crippen molar-refractivity contribution in [2.24, 2.45) is 0 Å². The van der Waals surface area contributed by atoms with Gasteiger partial charge < -0.3 is 14.8 Å². The van der Waals surface area contributed by atoms with E-state index in [1.807, 2.05) is 26.8 Å². The molecule has 0 aliphatic rings. The van der Waals surface area contributed by atoms with E-state index in [2.05, 4.69) is 14.8 Å². The summed E-state index contributed by atoms with van der Waals surface area (Å²) in [5, 5.41) is 13.5. The third-order valence-electron chi connectivity index (χ3n) is 4.83. The van der Waals surface area contributed by atoms with Crippen LogP contribution in [0, 0.1) is 10.1 Å². The molecule has 8 nitrogen and oxygen atoms in total. The number of carbonyl (C=O) groups is 2. The van der Waals surface area contributed by atoms with Gasteiger partial charge in [0.1, 0.15) is 6.04 Å². The van der Waals surface area contributed by atoms with Crippen molar-refractivity contribution < 1.29 is 45.9 Å². The van der Waals surface area contributed by atoms with E-state index >= 15 is 0 Å². The summed E-state index contributed by atoms with van der Waals surface area (Å²) in [6, 6.07) is 1.15. The summed E-state index contributed by atoms with van der Waals surface area (Å²) in [6.45, 7) is 3.52. The third kappa shape index (κ3) is 9.27. The van der Waals surface area contributed by atoms with E-state index in [-0.39, 0.29) is 12.0 Å². The number of rotatable bonds is 12. The van der Waals surface area contributed by atoms with Crippen LogP contribution in [0.4, 0.5) is 27.6 Å². The molecule has 0 spiro atoms. The zero-order valence-corrected chi connectivity index (χ0v) is 20.1. The Hall–Kier alpha value is -3.51. The molecule has 1 N–H and O–H groups in total. The number of benzene rings is 1. The Balaban J connectivity index is 3.09. The largest absolute Gasteiger partial charge is 0.480 e. The Morgan fingerprint density at radius 2 is 1.78 bits per heavy atom. The minimum Gasteiger partial charge on any atom is -0.480 e. The van der Waals surface area contributed by atoms with Crippen molar-refractivity contribution in [3.63, 3.8) is 0 Å². The average molecular weight is 522 g/mol. The summed E-state index contributed by atoms with van der Waals surface area (Å²) >= 11 is 0. The fraction of sp³-hybridized carbons (Fsp3) is 0.478. The van der Waals surface area contributed by atoms with Gasteiger partial charge in [-0.1, -0.05) is 23.3 Å². The number of allylic oxidation sites excluding steroid dienone is 3. The SMILES string of the molecule is COC(=O)[C@H](C/C=C(\C)CCC=C(C)C)NC(=O)c1ccc([N+](=O)[O-])c(OCC(F)(F)C(F)(F)F)c1. The molecule has 0 saturated heterocycles. The maximum atomic E-state index is 13.2. The molecule has 0 heterocycles. The van der Waals surface area contributed by atoms with Crippen LogP contribution in [-0.4, -0.2) is 48.7 Å². The average Bonchev–Trinajstić information content (AvgIpc) is 2.78. The molecule has 0 aliphatic heterocycles. The highest BCUT2D eigenvalue weighted by atomic mass is 19.4. The summed E-state index contributed by atoms with van der Waals surface area (Å²) < 4.78 is 72.7. The lowest BCUT2D eigenvalue weighted by molar-refractivity contribution is -0.386. The quantitative estimate of drug-likeness (QED) is 0.127. The molecule has 1 atom stereocenters. The minimum atomic E-state index is -5.94. The fourth-order valence-corrected chi connectivity index (χ4v) is 2.78. The van der Waals surface area contributed by atoms with Crippen molar-refractivity contribution >= 4 is 17.6 Å². The van der Waals surface area contributed by atoms with Crippen molar-refractivity contribution in [3.8, 4) is 5.75 Å². The molecule has 0 saturated carbocycles. The number of ether oxygens (including phenoxy) is 2. The first-order chi connectivity index (χ1) is 16.6.